The van der Waals surface area contributed by atoms with Gasteiger partial charge in [0, 0.05) is 25.3 Å². The molecule has 7 heteroatoms. The molecule has 1 aliphatic carbocycles. The summed E-state index contributed by atoms with van der Waals surface area (Å²) in [7, 11) is 1.33. The van der Waals surface area contributed by atoms with Crippen LogP contribution in [0.2, 0.25) is 0 Å². The molecule has 1 N–H and O–H groups in total. The van der Waals surface area contributed by atoms with Crippen LogP contribution in [0, 0.1) is 11.8 Å². The minimum Gasteiger partial charge on any atom is -0.487 e. The van der Waals surface area contributed by atoms with Gasteiger partial charge in [-0.1, -0.05) is 12.1 Å². The van der Waals surface area contributed by atoms with E-state index >= 15 is 0 Å². The largest absolute Gasteiger partial charge is 0.487 e. The second kappa shape index (κ2) is 8.97. The lowest BCUT2D eigenvalue weighted by molar-refractivity contribution is -0.129. The molecule has 148 valence electrons. The Hall–Kier alpha value is -1.73. The summed E-state index contributed by atoms with van der Waals surface area (Å²) in [6.45, 7) is 1.45. The van der Waals surface area contributed by atoms with E-state index in [0.717, 1.165) is 18.8 Å². The van der Waals surface area contributed by atoms with Crippen LogP contribution in [0.25, 0.3) is 0 Å². The number of carbonyl (C=O) groups is 2. The number of carbonyl (C=O) groups excluding carboxylic acids is 2. The maximum atomic E-state index is 12.3. The molecule has 6 nitrogen and oxygen atoms in total. The van der Waals surface area contributed by atoms with Gasteiger partial charge in [-0.3, -0.25) is 4.79 Å². The molecule has 0 radical (unpaired) electrons. The van der Waals surface area contributed by atoms with E-state index in [1.165, 1.54) is 7.11 Å². The van der Waals surface area contributed by atoms with Crippen LogP contribution in [0.1, 0.15) is 29.6 Å². The predicted octanol–water partition coefficient (Wildman–Crippen LogP) is 2.20. The highest BCUT2D eigenvalue weighted by Crippen LogP contribution is 2.38. The monoisotopic (exact) mass is 393 g/mol. The lowest BCUT2D eigenvalue weighted by Crippen LogP contribution is -2.42. The smallest absolute Gasteiger partial charge is 0.341 e. The average Bonchev–Trinajstić information content (AvgIpc) is 3.09. The summed E-state index contributed by atoms with van der Waals surface area (Å²) in [5, 5.41) is 10.6. The van der Waals surface area contributed by atoms with Gasteiger partial charge in [0.2, 0.25) is 5.91 Å². The molecule has 1 heterocycles. The number of methoxy groups -OCH3 is 1. The highest BCUT2D eigenvalue weighted by molar-refractivity contribution is 7.98. The maximum absolute atomic E-state index is 12.3. The normalized spacial score (nSPS) is 27.1. The third-order valence-electron chi connectivity index (χ3n) is 5.53. The van der Waals surface area contributed by atoms with E-state index in [0.29, 0.717) is 42.4 Å². The summed E-state index contributed by atoms with van der Waals surface area (Å²) >= 11 is 1.68. The first-order valence-corrected chi connectivity index (χ1v) is 10.7. The molecular formula is C20H27NO5S. The van der Waals surface area contributed by atoms with Gasteiger partial charge < -0.3 is 19.5 Å². The highest BCUT2D eigenvalue weighted by atomic mass is 32.2. The molecule has 0 bridgehead atoms. The van der Waals surface area contributed by atoms with Gasteiger partial charge in [-0.25, -0.2) is 4.79 Å². The number of esters is 1. The fraction of sp³-hybridized carbons (Fsp3) is 0.600. The van der Waals surface area contributed by atoms with Crippen LogP contribution in [-0.2, 0) is 9.53 Å². The number of rotatable bonds is 6. The van der Waals surface area contributed by atoms with Crippen LogP contribution < -0.4 is 4.74 Å². The molecular weight excluding hydrogens is 366 g/mol. The highest BCUT2D eigenvalue weighted by Gasteiger charge is 2.43. The molecule has 3 rings (SSSR count). The van der Waals surface area contributed by atoms with Gasteiger partial charge in [0.05, 0.1) is 13.2 Å². The molecule has 1 saturated heterocycles. The molecule has 0 aromatic heterocycles. The van der Waals surface area contributed by atoms with Crippen LogP contribution in [0.5, 0.6) is 5.75 Å². The number of hydrogen-bond donors (Lipinski definition) is 1. The van der Waals surface area contributed by atoms with Crippen molar-refractivity contribution in [3.63, 3.8) is 0 Å². The Morgan fingerprint density at radius 3 is 2.63 bits per heavy atom. The van der Waals surface area contributed by atoms with Crippen molar-refractivity contribution in [2.45, 2.75) is 31.5 Å². The van der Waals surface area contributed by atoms with Crippen molar-refractivity contribution in [3.8, 4) is 5.75 Å². The number of aliphatic hydroxyl groups excluding tert-OH is 1. The minimum atomic E-state index is -0.613. The lowest BCUT2D eigenvalue weighted by atomic mass is 9.78. The topological polar surface area (TPSA) is 76.1 Å². The molecule has 1 saturated carbocycles. The number of thioether (sulfide) groups is 1. The number of amides is 1. The zero-order chi connectivity index (χ0) is 19.4. The van der Waals surface area contributed by atoms with Crippen LogP contribution in [0.4, 0.5) is 0 Å². The Balaban J connectivity index is 1.65. The van der Waals surface area contributed by atoms with E-state index in [4.69, 9.17) is 9.47 Å². The van der Waals surface area contributed by atoms with Gasteiger partial charge in [-0.05, 0) is 43.1 Å². The van der Waals surface area contributed by atoms with E-state index < -0.39 is 18.2 Å². The molecule has 4 atom stereocenters. The number of para-hydroxylation sites is 1. The molecule has 2 aliphatic rings. The molecule has 0 unspecified atom stereocenters. The van der Waals surface area contributed by atoms with E-state index in [1.54, 1.807) is 36.0 Å². The van der Waals surface area contributed by atoms with E-state index in [9.17, 15) is 14.7 Å². The minimum absolute atomic E-state index is 0.196. The van der Waals surface area contributed by atoms with Gasteiger partial charge in [0.25, 0.3) is 0 Å². The fourth-order valence-corrected chi connectivity index (χ4v) is 4.46. The SMILES string of the molecule is COC(=O)c1ccccc1O[C@@H]1C[C@@H]2CN(C(=O)CCSC)C[C@@H]2C[C@H]1O. The molecule has 0 spiro atoms. The van der Waals surface area contributed by atoms with Crippen LogP contribution in [-0.4, -0.2) is 66.3 Å². The van der Waals surface area contributed by atoms with Crippen molar-refractivity contribution >= 4 is 23.6 Å². The molecule has 27 heavy (non-hydrogen) atoms. The number of nitrogens with zero attached hydrogens (tertiary/aromatic N) is 1. The summed E-state index contributed by atoms with van der Waals surface area (Å²) in [5.74, 6) is 1.64. The van der Waals surface area contributed by atoms with E-state index in [1.807, 2.05) is 11.2 Å². The molecule has 1 aromatic carbocycles. The Labute approximate surface area is 164 Å². The fourth-order valence-electron chi connectivity index (χ4n) is 4.08. The Morgan fingerprint density at radius 1 is 1.22 bits per heavy atom. The predicted molar refractivity (Wildman–Crippen MR) is 104 cm³/mol. The second-order valence-corrected chi connectivity index (χ2v) is 8.23. The molecule has 1 aromatic rings. The first-order chi connectivity index (χ1) is 13.0. The summed E-state index contributed by atoms with van der Waals surface area (Å²) in [6, 6.07) is 6.92. The zero-order valence-electron chi connectivity index (χ0n) is 15.8. The Bertz CT molecular complexity index is 682. The van der Waals surface area contributed by atoms with Crippen molar-refractivity contribution in [2.24, 2.45) is 11.8 Å². The second-order valence-electron chi connectivity index (χ2n) is 7.24. The van der Waals surface area contributed by atoms with Crippen molar-refractivity contribution in [2.75, 3.05) is 32.2 Å². The Kier molecular flexibility index (Phi) is 6.65. The summed E-state index contributed by atoms with van der Waals surface area (Å²) in [4.78, 5) is 26.2. The van der Waals surface area contributed by atoms with E-state index in [-0.39, 0.29) is 5.91 Å². The third kappa shape index (κ3) is 4.58. The number of hydrogen-bond acceptors (Lipinski definition) is 6. The van der Waals surface area contributed by atoms with Crippen molar-refractivity contribution in [1.29, 1.82) is 0 Å². The number of fused-ring (bicyclic) bond motifs is 1. The Morgan fingerprint density at radius 2 is 1.93 bits per heavy atom. The number of ether oxygens (including phenoxy) is 2. The standard InChI is InChI=1S/C20H27NO5S/c1-25-20(24)15-5-3-4-6-17(15)26-18-10-14-12-21(19(23)7-8-27-2)11-13(14)9-16(18)22/h3-6,13-14,16,18,22H,7-12H2,1-2H3/t13-,14+,16+,18+/m0/s1. The first kappa shape index (κ1) is 20.0. The van der Waals surface area contributed by atoms with Crippen LogP contribution in [0.15, 0.2) is 24.3 Å². The summed E-state index contributed by atoms with van der Waals surface area (Å²) in [5.41, 5.74) is 0.356. The van der Waals surface area contributed by atoms with Gasteiger partial charge in [0.15, 0.2) is 0 Å². The van der Waals surface area contributed by atoms with Crippen molar-refractivity contribution in [3.05, 3.63) is 29.8 Å². The van der Waals surface area contributed by atoms with Crippen molar-refractivity contribution < 1.29 is 24.2 Å². The van der Waals surface area contributed by atoms with Gasteiger partial charge in [0.1, 0.15) is 17.4 Å². The maximum Gasteiger partial charge on any atom is 0.341 e. The molecule has 1 aliphatic heterocycles. The first-order valence-electron chi connectivity index (χ1n) is 9.32. The third-order valence-corrected chi connectivity index (χ3v) is 6.14. The summed E-state index contributed by atoms with van der Waals surface area (Å²) in [6.07, 6.45) is 2.85. The molecule has 2 fully saturated rings. The summed E-state index contributed by atoms with van der Waals surface area (Å²) < 4.78 is 10.8. The van der Waals surface area contributed by atoms with Gasteiger partial charge in [-0.2, -0.15) is 11.8 Å². The van der Waals surface area contributed by atoms with Crippen LogP contribution >= 0.6 is 11.8 Å². The number of benzene rings is 1. The van der Waals surface area contributed by atoms with Crippen LogP contribution in [0.3, 0.4) is 0 Å². The zero-order valence-corrected chi connectivity index (χ0v) is 16.6. The quantitative estimate of drug-likeness (QED) is 0.747. The van der Waals surface area contributed by atoms with Crippen molar-refractivity contribution in [1.82, 2.24) is 4.90 Å². The molecule has 1 amide bonds. The van der Waals surface area contributed by atoms with E-state index in [2.05, 4.69) is 0 Å². The number of likely N-dealkylation sites (tertiary alicyclic amines) is 1. The van der Waals surface area contributed by atoms with Gasteiger partial charge in [-0.15, -0.1) is 0 Å². The van der Waals surface area contributed by atoms with Gasteiger partial charge >= 0.3 is 5.97 Å². The number of aliphatic hydroxyl groups is 1. The lowest BCUT2D eigenvalue weighted by Gasteiger charge is -2.35. The average molecular weight is 394 g/mol.